The maximum atomic E-state index is 4.68. The number of hydrogen-bond acceptors (Lipinski definition) is 4. The summed E-state index contributed by atoms with van der Waals surface area (Å²) in [4.78, 5) is 8.55. The molecule has 3 nitrogen and oxygen atoms in total. The van der Waals surface area contributed by atoms with Crippen LogP contribution in [0.5, 0.6) is 0 Å². The summed E-state index contributed by atoms with van der Waals surface area (Å²) in [6, 6.07) is 7.15. The SMILES string of the molecule is c1csc(-c2ccnc3c2CCC2CNCCN32)c1. The lowest BCUT2D eigenvalue weighted by molar-refractivity contribution is 0.436. The van der Waals surface area contributed by atoms with Gasteiger partial charge in [-0.2, -0.15) is 0 Å². The molecule has 2 aliphatic rings. The van der Waals surface area contributed by atoms with Crippen LogP contribution in [0.1, 0.15) is 12.0 Å². The summed E-state index contributed by atoms with van der Waals surface area (Å²) < 4.78 is 0. The van der Waals surface area contributed by atoms with Crippen molar-refractivity contribution in [1.29, 1.82) is 0 Å². The van der Waals surface area contributed by atoms with Crippen molar-refractivity contribution in [2.75, 3.05) is 24.5 Å². The van der Waals surface area contributed by atoms with Crippen LogP contribution in [0.4, 0.5) is 5.82 Å². The van der Waals surface area contributed by atoms with Gasteiger partial charge in [0.15, 0.2) is 0 Å². The molecular weight excluding hydrogens is 254 g/mol. The Kier molecular flexibility index (Phi) is 2.78. The molecule has 0 saturated carbocycles. The first-order chi connectivity index (χ1) is 9.43. The van der Waals surface area contributed by atoms with Crippen LogP contribution < -0.4 is 10.2 Å². The Morgan fingerprint density at radius 3 is 3.26 bits per heavy atom. The Hall–Kier alpha value is -1.39. The zero-order chi connectivity index (χ0) is 12.7. The van der Waals surface area contributed by atoms with Crippen LogP contribution in [0.25, 0.3) is 10.4 Å². The van der Waals surface area contributed by atoms with E-state index < -0.39 is 0 Å². The molecule has 98 valence electrons. The third kappa shape index (κ3) is 1.86. The predicted molar refractivity (Wildman–Crippen MR) is 79.9 cm³/mol. The van der Waals surface area contributed by atoms with E-state index in [4.69, 9.17) is 0 Å². The summed E-state index contributed by atoms with van der Waals surface area (Å²) in [5.74, 6) is 1.23. The van der Waals surface area contributed by atoms with E-state index in [-0.39, 0.29) is 0 Å². The van der Waals surface area contributed by atoms with Gasteiger partial charge in [-0.3, -0.25) is 0 Å². The van der Waals surface area contributed by atoms with E-state index in [1.807, 2.05) is 17.5 Å². The van der Waals surface area contributed by atoms with E-state index in [9.17, 15) is 0 Å². The molecule has 19 heavy (non-hydrogen) atoms. The van der Waals surface area contributed by atoms with Crippen molar-refractivity contribution in [3.63, 3.8) is 0 Å². The zero-order valence-electron chi connectivity index (χ0n) is 10.8. The lowest BCUT2D eigenvalue weighted by Gasteiger charge is -2.41. The van der Waals surface area contributed by atoms with Gasteiger partial charge in [-0.1, -0.05) is 6.07 Å². The minimum atomic E-state index is 0.632. The average molecular weight is 271 g/mol. The zero-order valence-corrected chi connectivity index (χ0v) is 11.6. The maximum absolute atomic E-state index is 4.68. The van der Waals surface area contributed by atoms with Gasteiger partial charge in [-0.05, 0) is 30.4 Å². The molecule has 0 bridgehead atoms. The summed E-state index contributed by atoms with van der Waals surface area (Å²) >= 11 is 1.82. The number of fused-ring (bicyclic) bond motifs is 3. The van der Waals surface area contributed by atoms with Gasteiger partial charge in [-0.25, -0.2) is 4.98 Å². The monoisotopic (exact) mass is 271 g/mol. The number of rotatable bonds is 1. The molecule has 1 fully saturated rings. The fourth-order valence-corrected chi connectivity index (χ4v) is 4.03. The second-order valence-corrected chi connectivity index (χ2v) is 6.18. The topological polar surface area (TPSA) is 28.2 Å². The van der Waals surface area contributed by atoms with E-state index in [2.05, 4.69) is 38.8 Å². The van der Waals surface area contributed by atoms with Gasteiger partial charge in [0, 0.05) is 47.9 Å². The molecule has 1 atom stereocenters. The molecule has 4 rings (SSSR count). The lowest BCUT2D eigenvalue weighted by atomic mass is 9.93. The van der Waals surface area contributed by atoms with Crippen molar-refractivity contribution < 1.29 is 0 Å². The molecule has 1 unspecified atom stereocenters. The third-order valence-electron chi connectivity index (χ3n) is 4.17. The molecule has 0 aliphatic carbocycles. The van der Waals surface area contributed by atoms with Crippen molar-refractivity contribution >= 4 is 17.2 Å². The van der Waals surface area contributed by atoms with Crippen molar-refractivity contribution in [3.8, 4) is 10.4 Å². The third-order valence-corrected chi connectivity index (χ3v) is 5.07. The van der Waals surface area contributed by atoms with Gasteiger partial charge >= 0.3 is 0 Å². The number of pyridine rings is 1. The fraction of sp³-hybridized carbons (Fsp3) is 0.400. The number of nitrogens with zero attached hydrogens (tertiary/aromatic N) is 2. The number of thiophene rings is 1. The number of nitrogens with one attached hydrogen (secondary N) is 1. The Bertz CT molecular complexity index is 579. The molecule has 0 radical (unpaired) electrons. The molecule has 1 N–H and O–H groups in total. The summed E-state index contributed by atoms with van der Waals surface area (Å²) in [5, 5.41) is 5.64. The highest BCUT2D eigenvalue weighted by Gasteiger charge is 2.30. The molecule has 4 heteroatoms. The summed E-state index contributed by atoms with van der Waals surface area (Å²) in [5.41, 5.74) is 2.83. The Morgan fingerprint density at radius 1 is 1.37 bits per heavy atom. The van der Waals surface area contributed by atoms with Crippen LogP contribution in [-0.4, -0.2) is 30.7 Å². The highest BCUT2D eigenvalue weighted by molar-refractivity contribution is 7.13. The normalized spacial score (nSPS) is 21.9. The molecule has 4 heterocycles. The number of anilines is 1. The Morgan fingerprint density at radius 2 is 2.37 bits per heavy atom. The smallest absolute Gasteiger partial charge is 0.132 e. The van der Waals surface area contributed by atoms with E-state index in [0.717, 1.165) is 26.1 Å². The first-order valence-corrected chi connectivity index (χ1v) is 7.80. The molecule has 2 aliphatic heterocycles. The van der Waals surface area contributed by atoms with Gasteiger partial charge < -0.3 is 10.2 Å². The molecule has 1 saturated heterocycles. The van der Waals surface area contributed by atoms with Crippen LogP contribution in [-0.2, 0) is 6.42 Å². The second-order valence-electron chi connectivity index (χ2n) is 5.23. The molecule has 0 amide bonds. The first kappa shape index (κ1) is 11.4. The molecule has 0 spiro atoms. The van der Waals surface area contributed by atoms with Crippen molar-refractivity contribution in [2.45, 2.75) is 18.9 Å². The number of aromatic nitrogens is 1. The van der Waals surface area contributed by atoms with Crippen LogP contribution in [0.2, 0.25) is 0 Å². The molecule has 2 aromatic rings. The van der Waals surface area contributed by atoms with Gasteiger partial charge in [0.25, 0.3) is 0 Å². The highest BCUT2D eigenvalue weighted by atomic mass is 32.1. The minimum Gasteiger partial charge on any atom is -0.351 e. The van der Waals surface area contributed by atoms with E-state index in [0.29, 0.717) is 6.04 Å². The molecular formula is C15H17N3S. The molecule has 0 aromatic carbocycles. The van der Waals surface area contributed by atoms with Crippen molar-refractivity contribution in [1.82, 2.24) is 10.3 Å². The quantitative estimate of drug-likeness (QED) is 0.864. The Balaban J connectivity index is 1.81. The summed E-state index contributed by atoms with van der Waals surface area (Å²) in [6.45, 7) is 3.25. The second kappa shape index (κ2) is 4.62. The van der Waals surface area contributed by atoms with Crippen LogP contribution in [0, 0.1) is 0 Å². The largest absolute Gasteiger partial charge is 0.351 e. The predicted octanol–water partition coefficient (Wildman–Crippen LogP) is 2.53. The molecule has 2 aromatic heterocycles. The van der Waals surface area contributed by atoms with Crippen molar-refractivity contribution in [2.24, 2.45) is 0 Å². The van der Waals surface area contributed by atoms with Crippen LogP contribution in [0.15, 0.2) is 29.8 Å². The standard InChI is InChI=1S/C15H17N3S/c1-2-14(19-9-1)12-5-6-17-15-13(12)4-3-11-10-16-7-8-18(11)15/h1-2,5-6,9,11,16H,3-4,7-8,10H2. The van der Waals surface area contributed by atoms with E-state index >= 15 is 0 Å². The first-order valence-electron chi connectivity index (χ1n) is 6.92. The summed E-state index contributed by atoms with van der Waals surface area (Å²) in [7, 11) is 0. The van der Waals surface area contributed by atoms with Gasteiger partial charge in [0.05, 0.1) is 0 Å². The number of piperazine rings is 1. The van der Waals surface area contributed by atoms with Gasteiger partial charge in [0.1, 0.15) is 5.82 Å². The highest BCUT2D eigenvalue weighted by Crippen LogP contribution is 2.37. The lowest BCUT2D eigenvalue weighted by Crippen LogP contribution is -2.53. The fourth-order valence-electron chi connectivity index (χ4n) is 3.25. The average Bonchev–Trinajstić information content (AvgIpc) is 3.00. The maximum Gasteiger partial charge on any atom is 0.132 e. The minimum absolute atomic E-state index is 0.632. The number of hydrogen-bond donors (Lipinski definition) is 1. The van der Waals surface area contributed by atoms with Gasteiger partial charge in [-0.15, -0.1) is 11.3 Å². The van der Waals surface area contributed by atoms with E-state index in [1.165, 1.54) is 28.2 Å². The van der Waals surface area contributed by atoms with Crippen LogP contribution >= 0.6 is 11.3 Å². The Labute approximate surface area is 117 Å². The van der Waals surface area contributed by atoms with Crippen molar-refractivity contribution in [3.05, 3.63) is 35.3 Å². The summed E-state index contributed by atoms with van der Waals surface area (Å²) in [6.07, 6.45) is 4.36. The van der Waals surface area contributed by atoms with Crippen LogP contribution in [0.3, 0.4) is 0 Å². The van der Waals surface area contributed by atoms with Gasteiger partial charge in [0.2, 0.25) is 0 Å². The van der Waals surface area contributed by atoms with E-state index in [1.54, 1.807) is 0 Å².